The van der Waals surface area contributed by atoms with Gasteiger partial charge in [0.05, 0.1) is 11.9 Å². The SMILES string of the molecule is Cc1ccc(-n2c(COc3ccccc3)nnc2SCC(=O)OC(C)C)cc1. The molecule has 0 unspecified atom stereocenters. The maximum Gasteiger partial charge on any atom is 0.316 e. The van der Waals surface area contributed by atoms with Crippen molar-refractivity contribution in [3.63, 3.8) is 0 Å². The maximum absolute atomic E-state index is 11.9. The van der Waals surface area contributed by atoms with Crippen molar-refractivity contribution in [1.82, 2.24) is 14.8 Å². The van der Waals surface area contributed by atoms with E-state index in [2.05, 4.69) is 10.2 Å². The Morgan fingerprint density at radius 1 is 1.07 bits per heavy atom. The molecule has 0 N–H and O–H groups in total. The van der Waals surface area contributed by atoms with Gasteiger partial charge in [-0.05, 0) is 45.0 Å². The van der Waals surface area contributed by atoms with Crippen LogP contribution in [-0.4, -0.2) is 32.6 Å². The van der Waals surface area contributed by atoms with E-state index in [-0.39, 0.29) is 24.4 Å². The van der Waals surface area contributed by atoms with Crippen molar-refractivity contribution in [3.05, 3.63) is 66.0 Å². The number of aromatic nitrogens is 3. The van der Waals surface area contributed by atoms with Crippen LogP contribution >= 0.6 is 11.8 Å². The number of para-hydroxylation sites is 1. The summed E-state index contributed by atoms with van der Waals surface area (Å²) >= 11 is 1.30. The molecule has 28 heavy (non-hydrogen) atoms. The van der Waals surface area contributed by atoms with Crippen LogP contribution < -0.4 is 4.74 Å². The highest BCUT2D eigenvalue weighted by Crippen LogP contribution is 2.23. The molecule has 0 saturated carbocycles. The average molecular weight is 398 g/mol. The zero-order chi connectivity index (χ0) is 19.9. The van der Waals surface area contributed by atoms with E-state index in [0.29, 0.717) is 11.0 Å². The smallest absolute Gasteiger partial charge is 0.316 e. The third-order valence-corrected chi connectivity index (χ3v) is 4.69. The zero-order valence-corrected chi connectivity index (χ0v) is 17.0. The first-order valence-corrected chi connectivity index (χ1v) is 10.0. The van der Waals surface area contributed by atoms with Gasteiger partial charge in [-0.15, -0.1) is 10.2 Å². The summed E-state index contributed by atoms with van der Waals surface area (Å²) in [5.74, 6) is 1.31. The lowest BCUT2D eigenvalue weighted by Crippen LogP contribution is -2.14. The molecule has 2 aromatic carbocycles. The first kappa shape index (κ1) is 19.9. The Morgan fingerprint density at radius 2 is 1.79 bits per heavy atom. The zero-order valence-electron chi connectivity index (χ0n) is 16.2. The Morgan fingerprint density at radius 3 is 2.46 bits per heavy atom. The first-order chi connectivity index (χ1) is 13.5. The predicted molar refractivity (Wildman–Crippen MR) is 109 cm³/mol. The fraction of sp³-hybridized carbons (Fsp3) is 0.286. The van der Waals surface area contributed by atoms with E-state index < -0.39 is 0 Å². The molecular formula is C21H23N3O3S. The average Bonchev–Trinajstić information content (AvgIpc) is 3.08. The van der Waals surface area contributed by atoms with Crippen LogP contribution in [0.3, 0.4) is 0 Å². The lowest BCUT2D eigenvalue weighted by molar-refractivity contribution is -0.144. The molecule has 3 aromatic rings. The second kappa shape index (κ2) is 9.41. The maximum atomic E-state index is 11.9. The van der Waals surface area contributed by atoms with Gasteiger partial charge >= 0.3 is 5.97 Å². The number of carbonyl (C=O) groups excluding carboxylic acids is 1. The van der Waals surface area contributed by atoms with E-state index in [4.69, 9.17) is 9.47 Å². The molecule has 0 aliphatic carbocycles. The molecule has 0 spiro atoms. The molecule has 1 aromatic heterocycles. The quantitative estimate of drug-likeness (QED) is 0.419. The standard InChI is InChI=1S/C21H23N3O3S/c1-15(2)27-20(25)14-28-21-23-22-19(13-26-18-7-5-4-6-8-18)24(21)17-11-9-16(3)10-12-17/h4-12,15H,13-14H2,1-3H3. The van der Waals surface area contributed by atoms with Crippen LogP contribution in [0.25, 0.3) is 5.69 Å². The summed E-state index contributed by atoms with van der Waals surface area (Å²) in [7, 11) is 0. The molecule has 0 atom stereocenters. The third kappa shape index (κ3) is 5.36. The largest absolute Gasteiger partial charge is 0.486 e. The van der Waals surface area contributed by atoms with Crippen LogP contribution in [0.5, 0.6) is 5.75 Å². The second-order valence-corrected chi connectivity index (χ2v) is 7.44. The van der Waals surface area contributed by atoms with Gasteiger partial charge in [0.15, 0.2) is 11.0 Å². The number of hydrogen-bond acceptors (Lipinski definition) is 6. The topological polar surface area (TPSA) is 66.2 Å². The molecule has 0 radical (unpaired) electrons. The van der Waals surface area contributed by atoms with Crippen LogP contribution in [-0.2, 0) is 16.1 Å². The van der Waals surface area contributed by atoms with Crippen LogP contribution in [0.4, 0.5) is 0 Å². The number of rotatable bonds is 8. The Bertz CT molecular complexity index is 908. The predicted octanol–water partition coefficient (Wildman–Crippen LogP) is 4.20. The van der Waals surface area contributed by atoms with Crippen molar-refractivity contribution >= 4 is 17.7 Å². The third-order valence-electron chi connectivity index (χ3n) is 3.79. The lowest BCUT2D eigenvalue weighted by atomic mass is 10.2. The van der Waals surface area contributed by atoms with Crippen molar-refractivity contribution in [2.24, 2.45) is 0 Å². The van der Waals surface area contributed by atoms with Gasteiger partial charge in [0.25, 0.3) is 0 Å². The number of carbonyl (C=O) groups is 1. The fourth-order valence-electron chi connectivity index (χ4n) is 2.53. The van der Waals surface area contributed by atoms with Gasteiger partial charge in [-0.3, -0.25) is 9.36 Å². The number of thioether (sulfide) groups is 1. The van der Waals surface area contributed by atoms with Gasteiger partial charge in [-0.1, -0.05) is 47.7 Å². The van der Waals surface area contributed by atoms with Gasteiger partial charge in [-0.2, -0.15) is 0 Å². The molecule has 7 heteroatoms. The molecule has 3 rings (SSSR count). The van der Waals surface area contributed by atoms with Crippen LogP contribution in [0.2, 0.25) is 0 Å². The van der Waals surface area contributed by atoms with Crippen molar-refractivity contribution in [2.75, 3.05) is 5.75 Å². The molecular weight excluding hydrogens is 374 g/mol. The van der Waals surface area contributed by atoms with Crippen molar-refractivity contribution in [2.45, 2.75) is 38.6 Å². The van der Waals surface area contributed by atoms with Gasteiger partial charge in [-0.25, -0.2) is 0 Å². The summed E-state index contributed by atoms with van der Waals surface area (Å²) in [5, 5.41) is 9.17. The minimum atomic E-state index is -0.277. The van der Waals surface area contributed by atoms with E-state index in [1.165, 1.54) is 11.8 Å². The number of hydrogen-bond donors (Lipinski definition) is 0. The van der Waals surface area contributed by atoms with Crippen LogP contribution in [0.1, 0.15) is 25.2 Å². The highest BCUT2D eigenvalue weighted by molar-refractivity contribution is 7.99. The first-order valence-electron chi connectivity index (χ1n) is 9.04. The molecule has 146 valence electrons. The van der Waals surface area contributed by atoms with E-state index >= 15 is 0 Å². The Balaban J connectivity index is 1.82. The molecule has 0 aliphatic rings. The Kier molecular flexibility index (Phi) is 6.71. The molecule has 0 bridgehead atoms. The van der Waals surface area contributed by atoms with Gasteiger partial charge in [0.1, 0.15) is 12.4 Å². The minimum Gasteiger partial charge on any atom is -0.486 e. The summed E-state index contributed by atoms with van der Waals surface area (Å²) in [6.45, 7) is 5.96. The molecule has 6 nitrogen and oxygen atoms in total. The molecule has 0 aliphatic heterocycles. The monoisotopic (exact) mass is 397 g/mol. The van der Waals surface area contributed by atoms with Crippen molar-refractivity contribution in [1.29, 1.82) is 0 Å². The summed E-state index contributed by atoms with van der Waals surface area (Å²) in [6, 6.07) is 17.6. The highest BCUT2D eigenvalue weighted by Gasteiger charge is 2.17. The van der Waals surface area contributed by atoms with E-state index in [9.17, 15) is 4.79 Å². The summed E-state index contributed by atoms with van der Waals surface area (Å²) in [5.41, 5.74) is 2.08. The molecule has 0 saturated heterocycles. The van der Waals surface area contributed by atoms with Crippen molar-refractivity contribution in [3.8, 4) is 11.4 Å². The van der Waals surface area contributed by atoms with Gasteiger partial charge in [0.2, 0.25) is 0 Å². The summed E-state index contributed by atoms with van der Waals surface area (Å²) in [4.78, 5) is 11.9. The minimum absolute atomic E-state index is 0.141. The number of benzene rings is 2. The number of esters is 1. The normalized spacial score (nSPS) is 10.9. The fourth-order valence-corrected chi connectivity index (χ4v) is 3.28. The van der Waals surface area contributed by atoms with Gasteiger partial charge < -0.3 is 9.47 Å². The number of ether oxygens (including phenoxy) is 2. The highest BCUT2D eigenvalue weighted by atomic mass is 32.2. The van der Waals surface area contributed by atoms with E-state index in [1.54, 1.807) is 0 Å². The molecule has 0 amide bonds. The molecule has 1 heterocycles. The lowest BCUT2D eigenvalue weighted by Gasteiger charge is -2.12. The second-order valence-electron chi connectivity index (χ2n) is 6.50. The number of nitrogens with zero attached hydrogens (tertiary/aromatic N) is 3. The van der Waals surface area contributed by atoms with E-state index in [0.717, 1.165) is 17.0 Å². The number of aryl methyl sites for hydroxylation is 1. The van der Waals surface area contributed by atoms with Gasteiger partial charge in [0, 0.05) is 5.69 Å². The summed E-state index contributed by atoms with van der Waals surface area (Å²) in [6.07, 6.45) is -0.141. The molecule has 0 fully saturated rings. The van der Waals surface area contributed by atoms with Crippen LogP contribution in [0, 0.1) is 6.92 Å². The van der Waals surface area contributed by atoms with Crippen LogP contribution in [0.15, 0.2) is 59.8 Å². The Hall–Kier alpha value is -2.80. The van der Waals surface area contributed by atoms with Crippen molar-refractivity contribution < 1.29 is 14.3 Å². The van der Waals surface area contributed by atoms with E-state index in [1.807, 2.05) is 79.9 Å². The summed E-state index contributed by atoms with van der Waals surface area (Å²) < 4.78 is 13.0. The Labute approximate surface area is 168 Å².